The van der Waals surface area contributed by atoms with Crippen LogP contribution in [0.15, 0.2) is 48.0 Å². The highest BCUT2D eigenvalue weighted by atomic mass is 35.5. The molecule has 7 heteroatoms. The Morgan fingerprint density at radius 2 is 1.79 bits per heavy atom. The number of nitrogens with zero attached hydrogens (tertiary/aromatic N) is 2. The zero-order valence-corrected chi connectivity index (χ0v) is 19.9. The third-order valence-electron chi connectivity index (χ3n) is 6.43. The van der Waals surface area contributed by atoms with Crippen LogP contribution in [0.3, 0.4) is 0 Å². The summed E-state index contributed by atoms with van der Waals surface area (Å²) in [6.45, 7) is 2.31. The highest BCUT2D eigenvalue weighted by molar-refractivity contribution is 6.47. The van der Waals surface area contributed by atoms with Crippen LogP contribution in [-0.2, 0) is 9.59 Å². The minimum absolute atomic E-state index is 0.0319. The Morgan fingerprint density at radius 1 is 1.12 bits per heavy atom. The molecule has 1 aliphatic carbocycles. The van der Waals surface area contributed by atoms with Gasteiger partial charge in [-0.15, -0.1) is 0 Å². The van der Waals surface area contributed by atoms with Crippen LogP contribution in [0.4, 0.5) is 5.69 Å². The van der Waals surface area contributed by atoms with Crippen molar-refractivity contribution >= 4 is 34.7 Å². The molecule has 2 aromatic carbocycles. The average molecular weight is 469 g/mol. The largest absolute Gasteiger partial charge is 0.507 e. The van der Waals surface area contributed by atoms with E-state index in [1.165, 1.54) is 0 Å². The molecule has 2 aliphatic rings. The molecule has 4 rings (SSSR count). The predicted octanol–water partition coefficient (Wildman–Crippen LogP) is 5.17. The molecule has 2 aromatic rings. The minimum Gasteiger partial charge on any atom is -0.507 e. The standard InChI is InChI=1S/C26H29ClN2O4/c1-4-33-19-13-14-21(27)20(15-19)24(30)22-23(16-9-11-17(12-10-16)28(2)3)29(26(32)25(22)31)18-7-5-6-8-18/h9-15,18,23,30H,4-8H2,1-3H3/b24-22+. The third-order valence-corrected chi connectivity index (χ3v) is 6.76. The molecule has 1 saturated heterocycles. The lowest BCUT2D eigenvalue weighted by Gasteiger charge is -2.31. The molecule has 6 nitrogen and oxygen atoms in total. The monoisotopic (exact) mass is 468 g/mol. The Kier molecular flexibility index (Phi) is 6.66. The molecular weight excluding hydrogens is 440 g/mol. The molecule has 1 saturated carbocycles. The quantitative estimate of drug-likeness (QED) is 0.360. The van der Waals surface area contributed by atoms with E-state index in [9.17, 15) is 14.7 Å². The number of benzene rings is 2. The van der Waals surface area contributed by atoms with Gasteiger partial charge in [-0.2, -0.15) is 0 Å². The van der Waals surface area contributed by atoms with E-state index in [1.54, 1.807) is 23.1 Å². The summed E-state index contributed by atoms with van der Waals surface area (Å²) in [7, 11) is 3.90. The number of aliphatic hydroxyl groups is 1. The Hall–Kier alpha value is -2.99. The van der Waals surface area contributed by atoms with Crippen molar-refractivity contribution in [3.63, 3.8) is 0 Å². The van der Waals surface area contributed by atoms with Crippen molar-refractivity contribution in [2.45, 2.75) is 44.7 Å². The third kappa shape index (κ3) is 4.32. The van der Waals surface area contributed by atoms with Crippen LogP contribution in [-0.4, -0.2) is 48.4 Å². The lowest BCUT2D eigenvalue weighted by atomic mass is 9.94. The molecule has 0 spiro atoms. The summed E-state index contributed by atoms with van der Waals surface area (Å²) in [6, 6.07) is 12.0. The van der Waals surface area contributed by atoms with Crippen LogP contribution in [0.1, 0.15) is 49.8 Å². The number of ketones is 1. The van der Waals surface area contributed by atoms with Gasteiger partial charge in [-0.1, -0.05) is 36.6 Å². The molecule has 1 N–H and O–H groups in total. The summed E-state index contributed by atoms with van der Waals surface area (Å²) in [5, 5.41) is 11.6. The summed E-state index contributed by atoms with van der Waals surface area (Å²) < 4.78 is 5.55. The van der Waals surface area contributed by atoms with Gasteiger partial charge in [0.25, 0.3) is 11.7 Å². The van der Waals surface area contributed by atoms with Crippen LogP contribution >= 0.6 is 11.6 Å². The number of ether oxygens (including phenoxy) is 1. The maximum atomic E-state index is 13.3. The molecule has 1 unspecified atom stereocenters. The molecule has 1 aliphatic heterocycles. The van der Waals surface area contributed by atoms with Crippen molar-refractivity contribution in [1.29, 1.82) is 0 Å². The van der Waals surface area contributed by atoms with E-state index in [0.29, 0.717) is 12.4 Å². The van der Waals surface area contributed by atoms with Crippen LogP contribution in [0, 0.1) is 0 Å². The number of carbonyl (C=O) groups excluding carboxylic acids is 2. The van der Waals surface area contributed by atoms with Crippen molar-refractivity contribution in [3.05, 3.63) is 64.2 Å². The van der Waals surface area contributed by atoms with Crippen LogP contribution in [0.5, 0.6) is 5.75 Å². The second-order valence-corrected chi connectivity index (χ2v) is 9.11. The maximum Gasteiger partial charge on any atom is 0.295 e. The first-order chi connectivity index (χ1) is 15.8. The van der Waals surface area contributed by atoms with E-state index in [2.05, 4.69) is 0 Å². The molecule has 1 amide bonds. The second-order valence-electron chi connectivity index (χ2n) is 8.71. The van der Waals surface area contributed by atoms with E-state index in [4.69, 9.17) is 16.3 Å². The smallest absolute Gasteiger partial charge is 0.295 e. The summed E-state index contributed by atoms with van der Waals surface area (Å²) in [6.07, 6.45) is 3.73. The van der Waals surface area contributed by atoms with E-state index in [1.807, 2.05) is 50.2 Å². The van der Waals surface area contributed by atoms with Gasteiger partial charge in [-0.3, -0.25) is 9.59 Å². The Morgan fingerprint density at radius 3 is 2.39 bits per heavy atom. The van der Waals surface area contributed by atoms with Gasteiger partial charge in [-0.05, 0) is 55.7 Å². The first kappa shape index (κ1) is 23.2. The number of likely N-dealkylation sites (tertiary alicyclic amines) is 1. The number of carbonyl (C=O) groups is 2. The van der Waals surface area contributed by atoms with Crippen molar-refractivity contribution in [2.75, 3.05) is 25.6 Å². The Balaban J connectivity index is 1.88. The average Bonchev–Trinajstić information content (AvgIpc) is 3.42. The van der Waals surface area contributed by atoms with Crippen molar-refractivity contribution in [3.8, 4) is 5.75 Å². The Labute approximate surface area is 199 Å². The SMILES string of the molecule is CCOc1ccc(Cl)c(/C(O)=C2\C(=O)C(=O)N(C3CCCC3)C2c2ccc(N(C)C)cc2)c1. The van der Waals surface area contributed by atoms with Crippen molar-refractivity contribution in [2.24, 2.45) is 0 Å². The predicted molar refractivity (Wildman–Crippen MR) is 130 cm³/mol. The maximum absolute atomic E-state index is 13.3. The van der Waals surface area contributed by atoms with E-state index >= 15 is 0 Å². The number of Topliss-reactive ketones (excluding diaryl/α,β-unsaturated/α-hetero) is 1. The minimum atomic E-state index is -0.682. The second kappa shape index (κ2) is 9.48. The molecule has 0 radical (unpaired) electrons. The number of hydrogen-bond acceptors (Lipinski definition) is 5. The summed E-state index contributed by atoms with van der Waals surface area (Å²) in [4.78, 5) is 30.1. The van der Waals surface area contributed by atoms with Crippen LogP contribution in [0.2, 0.25) is 5.02 Å². The van der Waals surface area contributed by atoms with E-state index in [0.717, 1.165) is 36.9 Å². The highest BCUT2D eigenvalue weighted by Gasteiger charge is 2.49. The topological polar surface area (TPSA) is 70.1 Å². The van der Waals surface area contributed by atoms with Gasteiger partial charge in [-0.25, -0.2) is 0 Å². The number of amides is 1. The lowest BCUT2D eigenvalue weighted by molar-refractivity contribution is -0.141. The fraction of sp³-hybridized carbons (Fsp3) is 0.385. The first-order valence-corrected chi connectivity index (χ1v) is 11.7. The van der Waals surface area contributed by atoms with Gasteiger partial charge >= 0.3 is 0 Å². The van der Waals surface area contributed by atoms with Crippen molar-refractivity contribution < 1.29 is 19.4 Å². The molecule has 33 heavy (non-hydrogen) atoms. The molecule has 1 heterocycles. The summed E-state index contributed by atoms with van der Waals surface area (Å²) in [5.74, 6) is -0.997. The lowest BCUT2D eigenvalue weighted by Crippen LogP contribution is -2.37. The molecule has 0 aromatic heterocycles. The van der Waals surface area contributed by atoms with Gasteiger partial charge in [0.1, 0.15) is 11.5 Å². The highest BCUT2D eigenvalue weighted by Crippen LogP contribution is 2.44. The summed E-state index contributed by atoms with van der Waals surface area (Å²) >= 11 is 6.40. The number of hydrogen-bond donors (Lipinski definition) is 1. The van der Waals surface area contributed by atoms with Crippen LogP contribution < -0.4 is 9.64 Å². The molecule has 2 fully saturated rings. The van der Waals surface area contributed by atoms with Gasteiger partial charge in [0.15, 0.2) is 0 Å². The van der Waals surface area contributed by atoms with Gasteiger partial charge in [0.2, 0.25) is 0 Å². The number of anilines is 1. The van der Waals surface area contributed by atoms with E-state index < -0.39 is 17.7 Å². The van der Waals surface area contributed by atoms with Crippen LogP contribution in [0.25, 0.3) is 5.76 Å². The molecule has 174 valence electrons. The normalized spacial score (nSPS) is 20.5. The number of rotatable bonds is 6. The summed E-state index contributed by atoms with van der Waals surface area (Å²) in [5.41, 5.74) is 2.14. The number of halogens is 1. The van der Waals surface area contributed by atoms with Gasteiger partial charge in [0.05, 0.1) is 23.2 Å². The van der Waals surface area contributed by atoms with Crippen molar-refractivity contribution in [1.82, 2.24) is 4.90 Å². The fourth-order valence-electron chi connectivity index (χ4n) is 4.78. The molecular formula is C26H29ClN2O4. The first-order valence-electron chi connectivity index (χ1n) is 11.3. The van der Waals surface area contributed by atoms with Gasteiger partial charge in [0, 0.05) is 31.4 Å². The van der Waals surface area contributed by atoms with E-state index in [-0.39, 0.29) is 28.0 Å². The molecule has 1 atom stereocenters. The zero-order chi connectivity index (χ0) is 23.7. The number of aliphatic hydroxyl groups excluding tert-OH is 1. The van der Waals surface area contributed by atoms with Gasteiger partial charge < -0.3 is 19.6 Å². The Bertz CT molecular complexity index is 1090. The zero-order valence-electron chi connectivity index (χ0n) is 19.2. The fourth-order valence-corrected chi connectivity index (χ4v) is 4.99. The molecule has 0 bridgehead atoms.